The zero-order valence-corrected chi connectivity index (χ0v) is 12.5. The van der Waals surface area contributed by atoms with Crippen LogP contribution in [0.2, 0.25) is 0 Å². The van der Waals surface area contributed by atoms with E-state index in [1.54, 1.807) is 7.05 Å². The second-order valence-electron chi connectivity index (χ2n) is 5.05. The van der Waals surface area contributed by atoms with Crippen molar-refractivity contribution in [3.63, 3.8) is 0 Å². The Labute approximate surface area is 115 Å². The number of carboxylic acids is 1. The first-order valence-corrected chi connectivity index (χ1v) is 8.23. The van der Waals surface area contributed by atoms with Gasteiger partial charge in [0.15, 0.2) is 0 Å². The van der Waals surface area contributed by atoms with Crippen LogP contribution in [-0.4, -0.2) is 54.8 Å². The summed E-state index contributed by atoms with van der Waals surface area (Å²) in [7, 11) is -1.83. The van der Waals surface area contributed by atoms with Crippen molar-refractivity contribution in [2.75, 3.05) is 26.7 Å². The number of nitrogens with zero attached hydrogens (tertiary/aromatic N) is 2. The van der Waals surface area contributed by atoms with Crippen LogP contribution in [-0.2, 0) is 15.0 Å². The van der Waals surface area contributed by atoms with Gasteiger partial charge in [0.25, 0.3) is 10.2 Å². The van der Waals surface area contributed by atoms with Crippen LogP contribution in [0.3, 0.4) is 0 Å². The van der Waals surface area contributed by atoms with Crippen molar-refractivity contribution in [2.45, 2.75) is 39.0 Å². The number of rotatable bonds is 7. The van der Waals surface area contributed by atoms with Crippen molar-refractivity contribution in [1.29, 1.82) is 0 Å². The van der Waals surface area contributed by atoms with Crippen LogP contribution in [0.4, 0.5) is 0 Å². The first-order chi connectivity index (χ1) is 8.89. The fraction of sp³-hybridized carbons (Fsp3) is 0.917. The smallest absolute Gasteiger partial charge is 0.306 e. The predicted octanol–water partition coefficient (Wildman–Crippen LogP) is 1.15. The van der Waals surface area contributed by atoms with Gasteiger partial charge in [0.1, 0.15) is 0 Å². The van der Waals surface area contributed by atoms with Crippen LogP contribution in [0.25, 0.3) is 0 Å². The number of unbranched alkanes of at least 4 members (excludes halogenated alkanes) is 2. The van der Waals surface area contributed by atoms with Gasteiger partial charge in [-0.2, -0.15) is 17.0 Å². The van der Waals surface area contributed by atoms with Crippen LogP contribution in [0.15, 0.2) is 0 Å². The maximum absolute atomic E-state index is 12.3. The molecule has 0 aromatic heterocycles. The molecule has 0 radical (unpaired) electrons. The topological polar surface area (TPSA) is 77.9 Å². The van der Waals surface area contributed by atoms with Gasteiger partial charge >= 0.3 is 5.97 Å². The van der Waals surface area contributed by atoms with Gasteiger partial charge in [-0.05, 0) is 19.3 Å². The van der Waals surface area contributed by atoms with E-state index >= 15 is 0 Å². The van der Waals surface area contributed by atoms with Gasteiger partial charge in [0.05, 0.1) is 5.92 Å². The molecule has 0 aromatic carbocycles. The van der Waals surface area contributed by atoms with Gasteiger partial charge in [0, 0.05) is 26.7 Å². The minimum atomic E-state index is -3.42. The normalized spacial score (nSPS) is 18.9. The Morgan fingerprint density at radius 1 is 1.32 bits per heavy atom. The van der Waals surface area contributed by atoms with Crippen molar-refractivity contribution in [3.05, 3.63) is 0 Å². The molecule has 1 N–H and O–H groups in total. The van der Waals surface area contributed by atoms with Crippen molar-refractivity contribution in [1.82, 2.24) is 8.61 Å². The SMILES string of the molecule is CCCCCN(C)S(=O)(=O)N1CCC(C(=O)O)CC1. The third kappa shape index (κ3) is 4.43. The fourth-order valence-electron chi connectivity index (χ4n) is 2.23. The Morgan fingerprint density at radius 2 is 1.89 bits per heavy atom. The molecule has 0 atom stereocenters. The molecule has 1 heterocycles. The van der Waals surface area contributed by atoms with E-state index in [2.05, 4.69) is 6.92 Å². The lowest BCUT2D eigenvalue weighted by atomic mass is 9.99. The van der Waals surface area contributed by atoms with Gasteiger partial charge in [-0.15, -0.1) is 0 Å². The minimum Gasteiger partial charge on any atom is -0.481 e. The maximum Gasteiger partial charge on any atom is 0.306 e. The average molecular weight is 292 g/mol. The molecule has 0 saturated carbocycles. The molecule has 19 heavy (non-hydrogen) atoms. The molecular formula is C12H24N2O4S. The van der Waals surface area contributed by atoms with E-state index in [1.807, 2.05) is 0 Å². The van der Waals surface area contributed by atoms with E-state index in [9.17, 15) is 13.2 Å². The molecule has 1 aliphatic heterocycles. The van der Waals surface area contributed by atoms with Crippen molar-refractivity contribution in [2.24, 2.45) is 5.92 Å². The third-order valence-corrected chi connectivity index (χ3v) is 5.59. The van der Waals surface area contributed by atoms with Gasteiger partial charge < -0.3 is 5.11 Å². The number of aliphatic carboxylic acids is 1. The number of carbonyl (C=O) groups is 1. The lowest BCUT2D eigenvalue weighted by molar-refractivity contribution is -0.142. The molecule has 0 aliphatic carbocycles. The van der Waals surface area contributed by atoms with Crippen molar-refractivity contribution in [3.8, 4) is 0 Å². The summed E-state index contributed by atoms with van der Waals surface area (Å²) in [6.45, 7) is 3.20. The van der Waals surface area contributed by atoms with E-state index in [0.717, 1.165) is 19.3 Å². The lowest BCUT2D eigenvalue weighted by Crippen LogP contribution is -2.46. The Kier molecular flexibility index (Phi) is 6.22. The highest BCUT2D eigenvalue weighted by Crippen LogP contribution is 2.21. The van der Waals surface area contributed by atoms with Crippen LogP contribution in [0, 0.1) is 5.92 Å². The fourth-order valence-corrected chi connectivity index (χ4v) is 3.66. The molecule has 1 aliphatic rings. The maximum atomic E-state index is 12.3. The molecule has 1 saturated heterocycles. The Balaban J connectivity index is 2.52. The highest BCUT2D eigenvalue weighted by atomic mass is 32.2. The van der Waals surface area contributed by atoms with Crippen LogP contribution in [0.1, 0.15) is 39.0 Å². The van der Waals surface area contributed by atoms with Crippen molar-refractivity contribution >= 4 is 16.2 Å². The highest BCUT2D eigenvalue weighted by Gasteiger charge is 2.32. The minimum absolute atomic E-state index is 0.303. The molecule has 7 heteroatoms. The molecule has 0 amide bonds. The lowest BCUT2D eigenvalue weighted by Gasteiger charge is -2.32. The quantitative estimate of drug-likeness (QED) is 0.714. The number of hydrogen-bond acceptors (Lipinski definition) is 3. The summed E-state index contributed by atoms with van der Waals surface area (Å²) in [5.41, 5.74) is 0. The number of hydrogen-bond donors (Lipinski definition) is 1. The monoisotopic (exact) mass is 292 g/mol. The number of piperidine rings is 1. The van der Waals surface area contributed by atoms with E-state index in [1.165, 1.54) is 8.61 Å². The second kappa shape index (κ2) is 7.21. The summed E-state index contributed by atoms with van der Waals surface area (Å²) in [5.74, 6) is -1.23. The summed E-state index contributed by atoms with van der Waals surface area (Å²) in [6, 6.07) is 0. The highest BCUT2D eigenvalue weighted by molar-refractivity contribution is 7.86. The second-order valence-corrected chi connectivity index (χ2v) is 7.08. The summed E-state index contributed by atoms with van der Waals surface area (Å²) in [6.07, 6.45) is 3.73. The molecule has 0 aromatic rings. The molecular weight excluding hydrogens is 268 g/mol. The van der Waals surface area contributed by atoms with Gasteiger partial charge in [-0.25, -0.2) is 0 Å². The zero-order chi connectivity index (χ0) is 14.5. The number of carboxylic acid groups (broad SMARTS) is 1. The van der Waals surface area contributed by atoms with Gasteiger partial charge in [-0.3, -0.25) is 4.79 Å². The molecule has 6 nitrogen and oxygen atoms in total. The summed E-state index contributed by atoms with van der Waals surface area (Å²) >= 11 is 0. The summed E-state index contributed by atoms with van der Waals surface area (Å²) < 4.78 is 27.3. The Hall–Kier alpha value is -0.660. The van der Waals surface area contributed by atoms with E-state index in [-0.39, 0.29) is 0 Å². The van der Waals surface area contributed by atoms with Crippen LogP contribution in [0.5, 0.6) is 0 Å². The van der Waals surface area contributed by atoms with E-state index in [4.69, 9.17) is 5.11 Å². The molecule has 1 fully saturated rings. The first kappa shape index (κ1) is 16.4. The third-order valence-electron chi connectivity index (χ3n) is 3.60. The van der Waals surface area contributed by atoms with E-state index < -0.39 is 22.1 Å². The molecule has 0 unspecified atom stereocenters. The molecule has 1 rings (SSSR count). The summed E-state index contributed by atoms with van der Waals surface area (Å²) in [5, 5.41) is 8.90. The van der Waals surface area contributed by atoms with Crippen molar-refractivity contribution < 1.29 is 18.3 Å². The standard InChI is InChI=1S/C12H24N2O4S/c1-3-4-5-8-13(2)19(17,18)14-9-6-11(7-10-14)12(15)16/h11H,3-10H2,1-2H3,(H,15,16). The Morgan fingerprint density at radius 3 is 2.37 bits per heavy atom. The molecule has 112 valence electrons. The predicted molar refractivity (Wildman–Crippen MR) is 73.0 cm³/mol. The average Bonchev–Trinajstić information content (AvgIpc) is 2.39. The van der Waals surface area contributed by atoms with Gasteiger partial charge in [0.2, 0.25) is 0 Å². The largest absolute Gasteiger partial charge is 0.481 e. The first-order valence-electron chi connectivity index (χ1n) is 6.83. The van der Waals surface area contributed by atoms with Crippen LogP contribution < -0.4 is 0 Å². The van der Waals surface area contributed by atoms with Crippen LogP contribution >= 0.6 is 0 Å². The Bertz CT molecular complexity index is 389. The molecule has 0 spiro atoms. The summed E-state index contributed by atoms with van der Waals surface area (Å²) in [4.78, 5) is 10.8. The van der Waals surface area contributed by atoms with Gasteiger partial charge in [-0.1, -0.05) is 19.8 Å². The molecule has 0 bridgehead atoms. The van der Waals surface area contributed by atoms with E-state index in [0.29, 0.717) is 32.5 Å². The zero-order valence-electron chi connectivity index (χ0n) is 11.7.